The lowest BCUT2D eigenvalue weighted by Crippen LogP contribution is -2.30. The van der Waals surface area contributed by atoms with E-state index in [-0.39, 0.29) is 18.3 Å². The number of amides is 1. The molecule has 0 aliphatic heterocycles. The number of halogens is 1. The summed E-state index contributed by atoms with van der Waals surface area (Å²) in [5.74, 6) is 0.922. The molecular weight excluding hydrogens is 324 g/mol. The lowest BCUT2D eigenvalue weighted by molar-refractivity contribution is -0.118. The average molecular weight is 349 g/mol. The zero-order valence-electron chi connectivity index (χ0n) is 14.2. The molecule has 0 unspecified atom stereocenters. The maximum atomic E-state index is 12.6. The number of methoxy groups -OCH3 is 1. The van der Waals surface area contributed by atoms with Crippen LogP contribution in [0.3, 0.4) is 0 Å². The average Bonchev–Trinajstić information content (AvgIpc) is 2.61. The molecule has 0 saturated heterocycles. The number of carbonyl (C=O) groups excluding carboxylic acids is 1. The van der Waals surface area contributed by atoms with Crippen molar-refractivity contribution in [2.75, 3.05) is 25.6 Å². The molecule has 1 amide bonds. The molecule has 0 atom stereocenters. The van der Waals surface area contributed by atoms with Crippen molar-refractivity contribution in [3.63, 3.8) is 0 Å². The topological polar surface area (TPSA) is 41.6 Å². The van der Waals surface area contributed by atoms with Crippen molar-refractivity contribution >= 4 is 24.0 Å². The van der Waals surface area contributed by atoms with Gasteiger partial charge < -0.3 is 15.0 Å². The molecule has 130 valence electrons. The highest BCUT2D eigenvalue weighted by molar-refractivity contribution is 5.93. The third-order valence-electron chi connectivity index (χ3n) is 3.69. The summed E-state index contributed by atoms with van der Waals surface area (Å²) >= 11 is 0. The summed E-state index contributed by atoms with van der Waals surface area (Å²) < 4.78 is 5.20. The molecule has 0 aromatic heterocycles. The minimum atomic E-state index is 0. The van der Waals surface area contributed by atoms with E-state index < -0.39 is 0 Å². The molecule has 0 aliphatic carbocycles. The number of hydrogen-bond donors (Lipinski definition) is 1. The van der Waals surface area contributed by atoms with E-state index in [2.05, 4.69) is 5.32 Å². The maximum Gasteiger partial charge on any atom is 0.227 e. The minimum Gasteiger partial charge on any atom is -0.497 e. The first-order valence-electron chi connectivity index (χ1n) is 7.87. The Bertz CT molecular complexity index is 603. The first kappa shape index (κ1) is 20.0. The van der Waals surface area contributed by atoms with Gasteiger partial charge in [-0.1, -0.05) is 30.3 Å². The monoisotopic (exact) mass is 348 g/mol. The first-order chi connectivity index (χ1) is 11.2. The predicted octanol–water partition coefficient (Wildman–Crippen LogP) is 3.65. The van der Waals surface area contributed by atoms with Crippen LogP contribution in [0.2, 0.25) is 0 Å². The van der Waals surface area contributed by atoms with Crippen LogP contribution in [0, 0.1) is 0 Å². The molecule has 2 rings (SSSR count). The second kappa shape index (κ2) is 10.7. The molecule has 0 bridgehead atoms. The second-order valence-corrected chi connectivity index (χ2v) is 5.37. The quantitative estimate of drug-likeness (QED) is 0.740. The van der Waals surface area contributed by atoms with Crippen molar-refractivity contribution in [3.05, 3.63) is 60.2 Å². The van der Waals surface area contributed by atoms with E-state index in [0.29, 0.717) is 13.0 Å². The van der Waals surface area contributed by atoms with Gasteiger partial charge in [0.25, 0.3) is 0 Å². The molecule has 0 heterocycles. The van der Waals surface area contributed by atoms with Crippen LogP contribution >= 0.6 is 12.4 Å². The van der Waals surface area contributed by atoms with Gasteiger partial charge in [-0.05, 0) is 49.8 Å². The summed E-state index contributed by atoms with van der Waals surface area (Å²) in [5.41, 5.74) is 2.01. The molecule has 0 saturated carbocycles. The number of benzene rings is 2. The third kappa shape index (κ3) is 5.87. The van der Waals surface area contributed by atoms with Crippen LogP contribution < -0.4 is 15.0 Å². The second-order valence-electron chi connectivity index (χ2n) is 5.37. The summed E-state index contributed by atoms with van der Waals surface area (Å²) in [4.78, 5) is 14.5. The molecule has 24 heavy (non-hydrogen) atoms. The lowest BCUT2D eigenvalue weighted by atomic mass is 10.1. The Hall–Kier alpha value is -2.04. The van der Waals surface area contributed by atoms with Gasteiger partial charge in [-0.2, -0.15) is 0 Å². The van der Waals surface area contributed by atoms with Gasteiger partial charge in [0.2, 0.25) is 5.91 Å². The highest BCUT2D eigenvalue weighted by Crippen LogP contribution is 2.22. The van der Waals surface area contributed by atoms with Crippen molar-refractivity contribution in [2.45, 2.75) is 19.4 Å². The minimum absolute atomic E-state index is 0. The molecule has 4 nitrogen and oxygen atoms in total. The molecular formula is C19H25ClN2O2. The van der Waals surface area contributed by atoms with Crippen LogP contribution in [0.4, 0.5) is 5.69 Å². The Morgan fingerprint density at radius 3 is 2.33 bits per heavy atom. The number of anilines is 1. The number of rotatable bonds is 8. The van der Waals surface area contributed by atoms with Crippen LogP contribution in [-0.2, 0) is 11.3 Å². The summed E-state index contributed by atoms with van der Waals surface area (Å²) in [5, 5.41) is 3.08. The Labute approximate surface area is 150 Å². The fraction of sp³-hybridized carbons (Fsp3) is 0.316. The van der Waals surface area contributed by atoms with E-state index in [0.717, 1.165) is 30.0 Å². The number of carbonyl (C=O) groups is 1. The van der Waals surface area contributed by atoms with Gasteiger partial charge in [-0.15, -0.1) is 12.4 Å². The Kier molecular flexibility index (Phi) is 8.90. The number of nitrogens with zero attached hydrogens (tertiary/aromatic N) is 1. The van der Waals surface area contributed by atoms with Gasteiger partial charge in [-0.25, -0.2) is 0 Å². The van der Waals surface area contributed by atoms with Crippen molar-refractivity contribution in [3.8, 4) is 5.75 Å². The Balaban J connectivity index is 0.00000288. The SMILES string of the molecule is CNCCCC(=O)N(Cc1ccccc1)c1ccc(OC)cc1.Cl. The van der Waals surface area contributed by atoms with E-state index in [9.17, 15) is 4.79 Å². The van der Waals surface area contributed by atoms with E-state index in [1.165, 1.54) is 0 Å². The summed E-state index contributed by atoms with van der Waals surface area (Å²) in [7, 11) is 3.54. The predicted molar refractivity (Wildman–Crippen MR) is 101 cm³/mol. The molecule has 1 N–H and O–H groups in total. The van der Waals surface area contributed by atoms with Gasteiger partial charge in [0.05, 0.1) is 13.7 Å². The van der Waals surface area contributed by atoms with Crippen LogP contribution in [-0.4, -0.2) is 26.6 Å². The number of hydrogen-bond acceptors (Lipinski definition) is 3. The van der Waals surface area contributed by atoms with Crippen LogP contribution in [0.5, 0.6) is 5.75 Å². The van der Waals surface area contributed by atoms with Gasteiger partial charge in [0.15, 0.2) is 0 Å². The number of nitrogens with one attached hydrogen (secondary N) is 1. The lowest BCUT2D eigenvalue weighted by Gasteiger charge is -2.23. The fourth-order valence-electron chi connectivity index (χ4n) is 2.40. The molecule has 0 aliphatic rings. The summed E-state index contributed by atoms with van der Waals surface area (Å²) in [6.07, 6.45) is 1.36. The fourth-order valence-corrected chi connectivity index (χ4v) is 2.40. The third-order valence-corrected chi connectivity index (χ3v) is 3.69. The van der Waals surface area contributed by atoms with Crippen LogP contribution in [0.25, 0.3) is 0 Å². The zero-order chi connectivity index (χ0) is 16.5. The molecule has 0 fully saturated rings. The molecule has 2 aromatic carbocycles. The van der Waals surface area contributed by atoms with Crippen molar-refractivity contribution in [1.29, 1.82) is 0 Å². The van der Waals surface area contributed by atoms with E-state index >= 15 is 0 Å². The zero-order valence-corrected chi connectivity index (χ0v) is 15.0. The molecule has 5 heteroatoms. The summed E-state index contributed by atoms with van der Waals surface area (Å²) in [6.45, 7) is 1.42. The maximum absolute atomic E-state index is 12.6. The van der Waals surface area contributed by atoms with E-state index in [4.69, 9.17) is 4.74 Å². The van der Waals surface area contributed by atoms with Crippen molar-refractivity contribution < 1.29 is 9.53 Å². The van der Waals surface area contributed by atoms with Crippen molar-refractivity contribution in [2.24, 2.45) is 0 Å². The van der Waals surface area contributed by atoms with Gasteiger partial charge in [0.1, 0.15) is 5.75 Å². The molecule has 0 radical (unpaired) electrons. The number of ether oxygens (including phenoxy) is 1. The van der Waals surface area contributed by atoms with Gasteiger partial charge in [-0.3, -0.25) is 4.79 Å². The Morgan fingerprint density at radius 2 is 1.75 bits per heavy atom. The molecule has 0 spiro atoms. The summed E-state index contributed by atoms with van der Waals surface area (Å²) in [6, 6.07) is 17.7. The largest absolute Gasteiger partial charge is 0.497 e. The van der Waals surface area contributed by atoms with Gasteiger partial charge >= 0.3 is 0 Å². The highest BCUT2D eigenvalue weighted by Gasteiger charge is 2.16. The first-order valence-corrected chi connectivity index (χ1v) is 7.87. The van der Waals surface area contributed by atoms with Gasteiger partial charge in [0, 0.05) is 12.1 Å². The molecule has 2 aromatic rings. The van der Waals surface area contributed by atoms with E-state index in [1.54, 1.807) is 7.11 Å². The Morgan fingerprint density at radius 1 is 1.08 bits per heavy atom. The van der Waals surface area contributed by atoms with Crippen molar-refractivity contribution in [1.82, 2.24) is 5.32 Å². The van der Waals surface area contributed by atoms with Crippen LogP contribution in [0.1, 0.15) is 18.4 Å². The smallest absolute Gasteiger partial charge is 0.227 e. The van der Waals surface area contributed by atoms with E-state index in [1.807, 2.05) is 66.5 Å². The highest BCUT2D eigenvalue weighted by atomic mass is 35.5. The standard InChI is InChI=1S/C19H24N2O2.ClH/c1-20-14-6-9-19(22)21(15-16-7-4-3-5-8-16)17-10-12-18(23-2)13-11-17;/h3-5,7-8,10-13,20H,6,9,14-15H2,1-2H3;1H. The van der Waals surface area contributed by atoms with Crippen LogP contribution in [0.15, 0.2) is 54.6 Å². The normalized spacial score (nSPS) is 9.92.